The highest BCUT2D eigenvalue weighted by Gasteiger charge is 2.33. The molecule has 0 bridgehead atoms. The summed E-state index contributed by atoms with van der Waals surface area (Å²) in [6.45, 7) is 0.760. The fourth-order valence-corrected chi connectivity index (χ4v) is 1.88. The van der Waals surface area contributed by atoms with Crippen LogP contribution >= 0.6 is 0 Å². The van der Waals surface area contributed by atoms with Crippen LogP contribution in [0.5, 0.6) is 0 Å². The van der Waals surface area contributed by atoms with Crippen molar-refractivity contribution in [2.75, 3.05) is 6.54 Å². The van der Waals surface area contributed by atoms with E-state index in [-0.39, 0.29) is 12.0 Å². The molecule has 1 saturated heterocycles. The molecule has 4 nitrogen and oxygen atoms in total. The zero-order valence-corrected chi connectivity index (χ0v) is 7.68. The predicted octanol–water partition coefficient (Wildman–Crippen LogP) is 0.817. The molecule has 1 fully saturated rings. The molecule has 2 N–H and O–H groups in total. The van der Waals surface area contributed by atoms with Crippen LogP contribution in [0, 0.1) is 5.92 Å². The molecule has 0 aliphatic carbocycles. The number of carbonyl (C=O) groups is 1. The summed E-state index contributed by atoms with van der Waals surface area (Å²) >= 11 is 0. The van der Waals surface area contributed by atoms with E-state index < -0.39 is 5.97 Å². The molecule has 2 rings (SSSR count). The number of aliphatic carboxylic acids is 1. The van der Waals surface area contributed by atoms with Gasteiger partial charge in [-0.3, -0.25) is 9.78 Å². The first kappa shape index (κ1) is 9.15. The van der Waals surface area contributed by atoms with Crippen molar-refractivity contribution in [2.24, 2.45) is 5.92 Å². The maximum Gasteiger partial charge on any atom is 0.308 e. The third-order valence-corrected chi connectivity index (χ3v) is 2.58. The zero-order chi connectivity index (χ0) is 9.97. The number of nitrogens with zero attached hydrogens (tertiary/aromatic N) is 1. The summed E-state index contributed by atoms with van der Waals surface area (Å²) in [5.74, 6) is -1.05. The van der Waals surface area contributed by atoms with Crippen LogP contribution in [0.1, 0.15) is 18.0 Å². The van der Waals surface area contributed by atoms with Crippen molar-refractivity contribution in [3.8, 4) is 0 Å². The lowest BCUT2D eigenvalue weighted by Gasteiger charge is -2.15. The van der Waals surface area contributed by atoms with Crippen LogP contribution in [0.3, 0.4) is 0 Å². The molecule has 1 aliphatic heterocycles. The molecule has 1 aromatic heterocycles. The Labute approximate surface area is 82.0 Å². The average Bonchev–Trinajstić information content (AvgIpc) is 2.67. The molecule has 4 heteroatoms. The monoisotopic (exact) mass is 192 g/mol. The number of carboxylic acids is 1. The van der Waals surface area contributed by atoms with Gasteiger partial charge in [0.05, 0.1) is 5.92 Å². The minimum absolute atomic E-state index is 0.0822. The summed E-state index contributed by atoms with van der Waals surface area (Å²) in [7, 11) is 0. The van der Waals surface area contributed by atoms with Gasteiger partial charge in [-0.15, -0.1) is 0 Å². The standard InChI is InChI=1S/C10H12N2O2/c13-10(14)8-3-5-12-9(8)7-2-1-4-11-6-7/h1-2,4,6,8-9,12H,3,5H2,(H,13,14). The van der Waals surface area contributed by atoms with Gasteiger partial charge in [-0.05, 0) is 24.6 Å². The van der Waals surface area contributed by atoms with Gasteiger partial charge in [0.25, 0.3) is 0 Å². The van der Waals surface area contributed by atoms with E-state index in [1.807, 2.05) is 12.1 Å². The van der Waals surface area contributed by atoms with E-state index in [0.717, 1.165) is 12.1 Å². The zero-order valence-electron chi connectivity index (χ0n) is 7.68. The molecule has 14 heavy (non-hydrogen) atoms. The van der Waals surface area contributed by atoms with Crippen molar-refractivity contribution < 1.29 is 9.90 Å². The molecule has 0 aromatic carbocycles. The van der Waals surface area contributed by atoms with Gasteiger partial charge in [-0.1, -0.05) is 6.07 Å². The highest BCUT2D eigenvalue weighted by atomic mass is 16.4. The van der Waals surface area contributed by atoms with Crippen LogP contribution in [0.2, 0.25) is 0 Å². The van der Waals surface area contributed by atoms with E-state index in [9.17, 15) is 4.79 Å². The molecule has 1 aromatic rings. The van der Waals surface area contributed by atoms with Gasteiger partial charge in [0.2, 0.25) is 0 Å². The van der Waals surface area contributed by atoms with E-state index in [1.54, 1.807) is 12.4 Å². The summed E-state index contributed by atoms with van der Waals surface area (Å²) in [4.78, 5) is 14.9. The van der Waals surface area contributed by atoms with E-state index in [4.69, 9.17) is 5.11 Å². The lowest BCUT2D eigenvalue weighted by atomic mass is 9.96. The smallest absolute Gasteiger partial charge is 0.308 e. The number of nitrogens with one attached hydrogen (secondary N) is 1. The Balaban J connectivity index is 2.22. The lowest BCUT2D eigenvalue weighted by molar-refractivity contribution is -0.142. The van der Waals surface area contributed by atoms with Gasteiger partial charge in [-0.25, -0.2) is 0 Å². The fourth-order valence-electron chi connectivity index (χ4n) is 1.88. The van der Waals surface area contributed by atoms with Crippen molar-refractivity contribution in [3.05, 3.63) is 30.1 Å². The molecule has 2 unspecified atom stereocenters. The Morgan fingerprint density at radius 2 is 2.50 bits per heavy atom. The number of rotatable bonds is 2. The Morgan fingerprint density at radius 1 is 1.64 bits per heavy atom. The van der Waals surface area contributed by atoms with Gasteiger partial charge in [0, 0.05) is 18.4 Å². The van der Waals surface area contributed by atoms with E-state index in [1.165, 1.54) is 0 Å². The molecule has 0 spiro atoms. The molecule has 2 atom stereocenters. The van der Waals surface area contributed by atoms with Gasteiger partial charge in [-0.2, -0.15) is 0 Å². The van der Waals surface area contributed by atoms with Gasteiger partial charge in [0.1, 0.15) is 0 Å². The minimum Gasteiger partial charge on any atom is -0.481 e. The summed E-state index contributed by atoms with van der Waals surface area (Å²) in [5, 5.41) is 12.2. The van der Waals surface area contributed by atoms with Crippen LogP contribution in [0.15, 0.2) is 24.5 Å². The maximum absolute atomic E-state index is 10.9. The quantitative estimate of drug-likeness (QED) is 0.728. The molecule has 74 valence electrons. The maximum atomic E-state index is 10.9. The predicted molar refractivity (Wildman–Crippen MR) is 50.7 cm³/mol. The summed E-state index contributed by atoms with van der Waals surface area (Å²) < 4.78 is 0. The van der Waals surface area contributed by atoms with Crippen LogP contribution in [0.4, 0.5) is 0 Å². The first-order chi connectivity index (χ1) is 6.79. The second-order valence-electron chi connectivity index (χ2n) is 3.45. The highest BCUT2D eigenvalue weighted by molar-refractivity contribution is 5.71. The first-order valence-corrected chi connectivity index (χ1v) is 4.65. The van der Waals surface area contributed by atoms with Crippen LogP contribution in [-0.2, 0) is 4.79 Å². The largest absolute Gasteiger partial charge is 0.481 e. The van der Waals surface area contributed by atoms with Gasteiger partial charge < -0.3 is 10.4 Å². The van der Waals surface area contributed by atoms with Gasteiger partial charge in [0.15, 0.2) is 0 Å². The van der Waals surface area contributed by atoms with E-state index in [2.05, 4.69) is 10.3 Å². The molecule has 0 saturated carbocycles. The third-order valence-electron chi connectivity index (χ3n) is 2.58. The van der Waals surface area contributed by atoms with Crippen molar-refractivity contribution >= 4 is 5.97 Å². The second-order valence-corrected chi connectivity index (χ2v) is 3.45. The summed E-state index contributed by atoms with van der Waals surface area (Å²) in [6, 6.07) is 3.65. The number of aromatic nitrogens is 1. The molecular formula is C10H12N2O2. The lowest BCUT2D eigenvalue weighted by Crippen LogP contribution is -2.23. The SMILES string of the molecule is O=C(O)C1CCNC1c1cccnc1. The number of pyridine rings is 1. The van der Waals surface area contributed by atoms with Crippen LogP contribution < -0.4 is 5.32 Å². The molecule has 0 radical (unpaired) electrons. The number of carboxylic acid groups (broad SMARTS) is 1. The van der Waals surface area contributed by atoms with Crippen molar-refractivity contribution in [1.29, 1.82) is 0 Å². The molecular weight excluding hydrogens is 180 g/mol. The Kier molecular flexibility index (Phi) is 2.45. The van der Waals surface area contributed by atoms with Crippen LogP contribution in [-0.4, -0.2) is 22.6 Å². The molecule has 1 aliphatic rings. The van der Waals surface area contributed by atoms with Crippen LogP contribution in [0.25, 0.3) is 0 Å². The van der Waals surface area contributed by atoms with Crippen molar-refractivity contribution in [2.45, 2.75) is 12.5 Å². The van der Waals surface area contributed by atoms with E-state index in [0.29, 0.717) is 6.42 Å². The van der Waals surface area contributed by atoms with E-state index >= 15 is 0 Å². The second kappa shape index (κ2) is 3.75. The first-order valence-electron chi connectivity index (χ1n) is 4.65. The average molecular weight is 192 g/mol. The Hall–Kier alpha value is -1.42. The summed E-state index contributed by atoms with van der Waals surface area (Å²) in [6.07, 6.45) is 4.10. The highest BCUT2D eigenvalue weighted by Crippen LogP contribution is 2.28. The van der Waals surface area contributed by atoms with Gasteiger partial charge >= 0.3 is 5.97 Å². The fraction of sp³-hybridized carbons (Fsp3) is 0.400. The molecule has 0 amide bonds. The summed E-state index contributed by atoms with van der Waals surface area (Å²) in [5.41, 5.74) is 0.956. The Bertz CT molecular complexity index is 326. The third kappa shape index (κ3) is 1.61. The van der Waals surface area contributed by atoms with Crippen molar-refractivity contribution in [1.82, 2.24) is 10.3 Å². The number of hydrogen-bond donors (Lipinski definition) is 2. The Morgan fingerprint density at radius 3 is 3.14 bits per heavy atom. The number of hydrogen-bond acceptors (Lipinski definition) is 3. The topological polar surface area (TPSA) is 62.2 Å². The normalized spacial score (nSPS) is 26.3. The molecule has 2 heterocycles. The minimum atomic E-state index is -0.733. The van der Waals surface area contributed by atoms with Crippen molar-refractivity contribution in [3.63, 3.8) is 0 Å².